The monoisotopic (exact) mass is 462 g/mol. The summed E-state index contributed by atoms with van der Waals surface area (Å²) >= 11 is 6.21. The molecular weight excluding hydrogens is 439 g/mol. The third-order valence-corrected chi connectivity index (χ3v) is 6.33. The molecule has 5 rings (SSSR count). The van der Waals surface area contributed by atoms with Crippen LogP contribution in [-0.4, -0.2) is 26.5 Å². The number of aromatic nitrogens is 3. The SMILES string of the molecule is Cc1ccc(-c2cc3c(NC4CCCC4)c(C(N)=Nc4cc(F)ccc4Cl)cnn3c2)cn1. The molecule has 1 aliphatic rings. The number of pyridine rings is 1. The molecule has 1 fully saturated rings. The molecule has 0 amide bonds. The molecule has 0 bridgehead atoms. The number of nitrogens with zero attached hydrogens (tertiary/aromatic N) is 4. The topological polar surface area (TPSA) is 80.6 Å². The van der Waals surface area contributed by atoms with Gasteiger partial charge in [-0.3, -0.25) is 4.98 Å². The second kappa shape index (κ2) is 8.83. The maximum Gasteiger partial charge on any atom is 0.135 e. The van der Waals surface area contributed by atoms with Crippen LogP contribution >= 0.6 is 11.6 Å². The van der Waals surface area contributed by atoms with E-state index in [-0.39, 0.29) is 11.5 Å². The van der Waals surface area contributed by atoms with E-state index in [1.807, 2.05) is 36.0 Å². The Kier molecular flexibility index (Phi) is 5.72. The summed E-state index contributed by atoms with van der Waals surface area (Å²) in [5, 5.41) is 8.58. The maximum absolute atomic E-state index is 13.7. The predicted octanol–water partition coefficient (Wildman–Crippen LogP) is 5.89. The molecule has 3 N–H and O–H groups in total. The van der Waals surface area contributed by atoms with Crippen LogP contribution in [0.15, 0.2) is 60.0 Å². The molecule has 0 unspecified atom stereocenters. The average molecular weight is 463 g/mol. The van der Waals surface area contributed by atoms with Crippen LogP contribution < -0.4 is 11.1 Å². The number of fused-ring (bicyclic) bond motifs is 1. The fourth-order valence-electron chi connectivity index (χ4n) is 4.23. The number of anilines is 1. The van der Waals surface area contributed by atoms with Gasteiger partial charge in [0.25, 0.3) is 0 Å². The quantitative estimate of drug-likeness (QED) is 0.286. The van der Waals surface area contributed by atoms with Gasteiger partial charge < -0.3 is 11.1 Å². The number of hydrogen-bond acceptors (Lipinski definition) is 4. The molecule has 168 valence electrons. The molecule has 1 saturated carbocycles. The molecule has 8 heteroatoms. The lowest BCUT2D eigenvalue weighted by Gasteiger charge is -2.18. The molecule has 0 saturated heterocycles. The second-order valence-corrected chi connectivity index (χ2v) is 8.81. The lowest BCUT2D eigenvalue weighted by Crippen LogP contribution is -2.22. The second-order valence-electron chi connectivity index (χ2n) is 8.40. The summed E-state index contributed by atoms with van der Waals surface area (Å²) in [6, 6.07) is 10.5. The van der Waals surface area contributed by atoms with Crippen molar-refractivity contribution in [2.75, 3.05) is 5.32 Å². The normalized spacial score (nSPS) is 14.8. The Bertz CT molecular complexity index is 1340. The molecule has 6 nitrogen and oxygen atoms in total. The minimum atomic E-state index is -0.424. The van der Waals surface area contributed by atoms with Gasteiger partial charge in [-0.1, -0.05) is 30.5 Å². The number of nitrogens with one attached hydrogen (secondary N) is 1. The number of nitrogens with two attached hydrogens (primary N) is 1. The Hall–Kier alpha value is -3.45. The molecule has 0 spiro atoms. The van der Waals surface area contributed by atoms with Crippen LogP contribution in [-0.2, 0) is 0 Å². The predicted molar refractivity (Wildman–Crippen MR) is 131 cm³/mol. The number of amidine groups is 1. The molecular formula is C25H24ClFN6. The van der Waals surface area contributed by atoms with E-state index in [9.17, 15) is 4.39 Å². The highest BCUT2D eigenvalue weighted by Gasteiger charge is 2.21. The number of aryl methyl sites for hydroxylation is 1. The van der Waals surface area contributed by atoms with Crippen molar-refractivity contribution in [1.82, 2.24) is 14.6 Å². The third-order valence-electron chi connectivity index (χ3n) is 6.01. The number of halogens is 2. The maximum atomic E-state index is 13.7. The summed E-state index contributed by atoms with van der Waals surface area (Å²) < 4.78 is 15.6. The summed E-state index contributed by atoms with van der Waals surface area (Å²) in [6.07, 6.45) is 10.1. The molecule has 1 aliphatic carbocycles. The summed E-state index contributed by atoms with van der Waals surface area (Å²) in [5.41, 5.74) is 12.1. The van der Waals surface area contributed by atoms with E-state index in [2.05, 4.69) is 26.5 Å². The first-order chi connectivity index (χ1) is 16.0. The average Bonchev–Trinajstić information content (AvgIpc) is 3.47. The molecule has 0 aliphatic heterocycles. The zero-order chi connectivity index (χ0) is 22.9. The number of rotatable bonds is 5. The lowest BCUT2D eigenvalue weighted by molar-refractivity contribution is 0.628. The van der Waals surface area contributed by atoms with Crippen molar-refractivity contribution in [1.29, 1.82) is 0 Å². The highest BCUT2D eigenvalue weighted by molar-refractivity contribution is 6.33. The minimum absolute atomic E-state index is 0.220. The molecule has 4 aromatic rings. The van der Waals surface area contributed by atoms with Gasteiger partial charge in [-0.25, -0.2) is 13.9 Å². The molecule has 0 radical (unpaired) electrons. The fourth-order valence-corrected chi connectivity index (χ4v) is 4.39. The Morgan fingerprint density at radius 3 is 2.73 bits per heavy atom. The Morgan fingerprint density at radius 1 is 1.15 bits per heavy atom. The van der Waals surface area contributed by atoms with Crippen molar-refractivity contribution < 1.29 is 4.39 Å². The van der Waals surface area contributed by atoms with Crippen molar-refractivity contribution in [2.24, 2.45) is 10.7 Å². The first-order valence-electron chi connectivity index (χ1n) is 11.0. The highest BCUT2D eigenvalue weighted by atomic mass is 35.5. The first kappa shape index (κ1) is 21.4. The van der Waals surface area contributed by atoms with E-state index < -0.39 is 5.82 Å². The molecule has 0 atom stereocenters. The number of hydrogen-bond donors (Lipinski definition) is 2. The van der Waals surface area contributed by atoms with Gasteiger partial charge in [0.1, 0.15) is 11.7 Å². The van der Waals surface area contributed by atoms with Crippen LogP contribution in [0.2, 0.25) is 5.02 Å². The van der Waals surface area contributed by atoms with E-state index in [0.717, 1.165) is 40.9 Å². The standard InChI is InChI=1S/C25H24ClFN6/c1-15-6-7-16(12-29-15)17-10-23-24(31-19-4-2-3-5-19)20(13-30-33(23)14-17)25(28)32-22-11-18(27)8-9-21(22)26/h6-14,19,31H,2-5H2,1H3,(H2,28,32). The summed E-state index contributed by atoms with van der Waals surface area (Å²) in [4.78, 5) is 8.84. The number of benzene rings is 1. The van der Waals surface area contributed by atoms with E-state index in [4.69, 9.17) is 17.3 Å². The molecule has 1 aromatic carbocycles. The van der Waals surface area contributed by atoms with Gasteiger partial charge >= 0.3 is 0 Å². The van der Waals surface area contributed by atoms with Crippen LogP contribution in [0, 0.1) is 12.7 Å². The van der Waals surface area contributed by atoms with Crippen molar-refractivity contribution in [3.8, 4) is 11.1 Å². The van der Waals surface area contributed by atoms with E-state index in [1.165, 1.54) is 31.0 Å². The van der Waals surface area contributed by atoms with E-state index in [1.54, 1.807) is 6.20 Å². The molecule has 33 heavy (non-hydrogen) atoms. The Morgan fingerprint density at radius 2 is 1.97 bits per heavy atom. The highest BCUT2D eigenvalue weighted by Crippen LogP contribution is 2.32. The zero-order valence-corrected chi connectivity index (χ0v) is 19.0. The smallest absolute Gasteiger partial charge is 0.135 e. The molecule has 3 aromatic heterocycles. The van der Waals surface area contributed by atoms with E-state index in [0.29, 0.717) is 16.6 Å². The van der Waals surface area contributed by atoms with Gasteiger partial charge in [0.05, 0.1) is 33.7 Å². The summed E-state index contributed by atoms with van der Waals surface area (Å²) in [7, 11) is 0. The third kappa shape index (κ3) is 4.41. The zero-order valence-electron chi connectivity index (χ0n) is 18.2. The largest absolute Gasteiger partial charge is 0.383 e. The van der Waals surface area contributed by atoms with Crippen LogP contribution in [0.4, 0.5) is 15.8 Å². The van der Waals surface area contributed by atoms with Gasteiger partial charge in [0.15, 0.2) is 0 Å². The van der Waals surface area contributed by atoms with Crippen LogP contribution in [0.5, 0.6) is 0 Å². The van der Waals surface area contributed by atoms with Gasteiger partial charge in [-0.15, -0.1) is 0 Å². The van der Waals surface area contributed by atoms with Crippen molar-refractivity contribution in [3.05, 3.63) is 77.1 Å². The van der Waals surface area contributed by atoms with Crippen molar-refractivity contribution >= 4 is 34.3 Å². The Labute approximate surface area is 196 Å². The van der Waals surface area contributed by atoms with Gasteiger partial charge in [0.2, 0.25) is 0 Å². The van der Waals surface area contributed by atoms with Crippen LogP contribution in [0.1, 0.15) is 36.9 Å². The van der Waals surface area contributed by atoms with Crippen LogP contribution in [0.25, 0.3) is 16.6 Å². The fraction of sp³-hybridized carbons (Fsp3) is 0.240. The summed E-state index contributed by atoms with van der Waals surface area (Å²) in [6.45, 7) is 1.96. The lowest BCUT2D eigenvalue weighted by atomic mass is 10.1. The Balaban J connectivity index is 1.63. The van der Waals surface area contributed by atoms with Gasteiger partial charge in [-0.05, 0) is 44.0 Å². The van der Waals surface area contributed by atoms with E-state index >= 15 is 0 Å². The van der Waals surface area contributed by atoms with Crippen molar-refractivity contribution in [2.45, 2.75) is 38.6 Å². The van der Waals surface area contributed by atoms with Gasteiger partial charge in [-0.2, -0.15) is 5.10 Å². The first-order valence-corrected chi connectivity index (χ1v) is 11.4. The van der Waals surface area contributed by atoms with Crippen LogP contribution in [0.3, 0.4) is 0 Å². The molecule has 3 heterocycles. The number of aliphatic imine (C=N–C) groups is 1. The minimum Gasteiger partial charge on any atom is -0.383 e. The van der Waals surface area contributed by atoms with Crippen molar-refractivity contribution in [3.63, 3.8) is 0 Å². The van der Waals surface area contributed by atoms with Gasteiger partial charge in [0, 0.05) is 41.3 Å². The summed E-state index contributed by atoms with van der Waals surface area (Å²) in [5.74, 6) is -0.204.